The Morgan fingerprint density at radius 2 is 2.03 bits per heavy atom. The molecule has 0 aliphatic heterocycles. The molecular formula is C21H24FN5O2S2. The van der Waals surface area contributed by atoms with Gasteiger partial charge in [-0.05, 0) is 39.8 Å². The fourth-order valence-electron chi connectivity index (χ4n) is 3.17. The van der Waals surface area contributed by atoms with Crippen LogP contribution in [0.15, 0.2) is 18.3 Å². The Balaban J connectivity index is 1.45. The molecule has 2 N–H and O–H groups in total. The number of alkyl carbamates (subject to hydrolysis) is 1. The lowest BCUT2D eigenvalue weighted by molar-refractivity contribution is 0.0530. The lowest BCUT2D eigenvalue weighted by Crippen LogP contribution is -2.34. The third-order valence-electron chi connectivity index (χ3n) is 4.48. The third kappa shape index (κ3) is 4.64. The number of halogens is 1. The predicted octanol–water partition coefficient (Wildman–Crippen LogP) is 5.30. The van der Waals surface area contributed by atoms with Crippen molar-refractivity contribution in [2.24, 2.45) is 7.05 Å². The Morgan fingerprint density at radius 3 is 2.74 bits per heavy atom. The van der Waals surface area contributed by atoms with Gasteiger partial charge < -0.3 is 15.4 Å². The molecule has 0 bridgehead atoms. The minimum Gasteiger partial charge on any atom is -0.444 e. The molecule has 1 amide bonds. The van der Waals surface area contributed by atoms with Crippen LogP contribution in [-0.4, -0.2) is 39.5 Å². The maximum atomic E-state index is 14.4. The second-order valence-corrected chi connectivity index (χ2v) is 10.3. The molecule has 10 heteroatoms. The summed E-state index contributed by atoms with van der Waals surface area (Å²) in [5.41, 5.74) is 1.71. The number of aryl methyl sites for hydroxylation is 2. The minimum atomic E-state index is -0.514. The molecule has 4 aromatic rings. The van der Waals surface area contributed by atoms with E-state index in [1.165, 1.54) is 6.07 Å². The number of fused-ring (bicyclic) bond motifs is 2. The predicted molar refractivity (Wildman–Crippen MR) is 125 cm³/mol. The van der Waals surface area contributed by atoms with E-state index in [0.29, 0.717) is 18.6 Å². The Morgan fingerprint density at radius 1 is 1.26 bits per heavy atom. The van der Waals surface area contributed by atoms with E-state index >= 15 is 0 Å². The number of ether oxygens (including phenoxy) is 1. The summed E-state index contributed by atoms with van der Waals surface area (Å²) in [4.78, 5) is 17.4. The van der Waals surface area contributed by atoms with E-state index in [1.54, 1.807) is 40.6 Å². The first kappa shape index (κ1) is 21.5. The summed E-state index contributed by atoms with van der Waals surface area (Å²) >= 11 is 3.10. The maximum Gasteiger partial charge on any atom is 0.407 e. The van der Waals surface area contributed by atoms with Crippen LogP contribution in [0.25, 0.3) is 31.0 Å². The first-order chi connectivity index (χ1) is 14.6. The van der Waals surface area contributed by atoms with Crippen molar-refractivity contribution in [1.82, 2.24) is 20.1 Å². The summed E-state index contributed by atoms with van der Waals surface area (Å²) in [5, 5.41) is 12.8. The first-order valence-corrected chi connectivity index (χ1v) is 11.5. The molecule has 0 saturated carbocycles. The lowest BCUT2D eigenvalue weighted by Gasteiger charge is -2.19. The second-order valence-electron chi connectivity index (χ2n) is 8.26. The highest BCUT2D eigenvalue weighted by molar-refractivity contribution is 7.30. The molecule has 0 aliphatic carbocycles. The number of carbonyl (C=O) groups excluding carboxylic acids is 1. The molecule has 0 atom stereocenters. The number of anilines is 1. The zero-order valence-corrected chi connectivity index (χ0v) is 19.6. The minimum absolute atomic E-state index is 0.344. The molecule has 0 fully saturated rings. The van der Waals surface area contributed by atoms with Gasteiger partial charge in [-0.15, -0.1) is 11.3 Å². The molecule has 7 nitrogen and oxygen atoms in total. The van der Waals surface area contributed by atoms with Crippen molar-refractivity contribution in [2.75, 3.05) is 18.4 Å². The third-order valence-corrected chi connectivity index (χ3v) is 6.97. The molecule has 0 saturated heterocycles. The zero-order valence-electron chi connectivity index (χ0n) is 18.0. The average Bonchev–Trinajstić information content (AvgIpc) is 3.32. The van der Waals surface area contributed by atoms with Crippen LogP contribution in [-0.2, 0) is 11.8 Å². The summed E-state index contributed by atoms with van der Waals surface area (Å²) < 4.78 is 22.4. The van der Waals surface area contributed by atoms with Crippen molar-refractivity contribution in [3.63, 3.8) is 0 Å². The zero-order chi connectivity index (χ0) is 22.3. The van der Waals surface area contributed by atoms with Crippen LogP contribution in [0.3, 0.4) is 0 Å². The monoisotopic (exact) mass is 461 g/mol. The lowest BCUT2D eigenvalue weighted by atomic mass is 10.1. The van der Waals surface area contributed by atoms with Crippen LogP contribution >= 0.6 is 22.7 Å². The fourth-order valence-corrected chi connectivity index (χ4v) is 5.50. The number of thiophene rings is 1. The number of carbonyl (C=O) groups is 1. The van der Waals surface area contributed by atoms with Gasteiger partial charge in [0, 0.05) is 42.8 Å². The van der Waals surface area contributed by atoms with E-state index in [-0.39, 0.29) is 5.82 Å². The molecule has 0 aliphatic rings. The number of amides is 1. The van der Waals surface area contributed by atoms with Crippen molar-refractivity contribution < 1.29 is 13.9 Å². The molecule has 3 aromatic heterocycles. The van der Waals surface area contributed by atoms with Gasteiger partial charge in [-0.25, -0.2) is 14.2 Å². The molecule has 4 rings (SSSR count). The molecular weight excluding hydrogens is 437 g/mol. The van der Waals surface area contributed by atoms with E-state index < -0.39 is 11.7 Å². The largest absolute Gasteiger partial charge is 0.444 e. The van der Waals surface area contributed by atoms with Crippen LogP contribution in [0.2, 0.25) is 0 Å². The molecule has 0 spiro atoms. The number of nitrogens with zero attached hydrogens (tertiary/aromatic N) is 3. The highest BCUT2D eigenvalue weighted by atomic mass is 32.1. The van der Waals surface area contributed by atoms with Crippen LogP contribution < -0.4 is 10.6 Å². The Labute approximate surface area is 187 Å². The number of nitrogens with one attached hydrogen (secondary N) is 2. The van der Waals surface area contributed by atoms with E-state index in [0.717, 1.165) is 36.1 Å². The smallest absolute Gasteiger partial charge is 0.407 e. The standard InChI is InChI=1S/C21H24FN5O2S2/c1-11-16-19(31-17(11)23-6-7-24-20(28)29-21(2,3)4)25-18(30-16)12-8-13-10-27(5)26-15(13)14(22)9-12/h8-10,23H,6-7H2,1-5H3,(H,24,28). The fraction of sp³-hybridized carbons (Fsp3) is 0.381. The van der Waals surface area contributed by atoms with Gasteiger partial charge in [0.15, 0.2) is 5.82 Å². The molecule has 164 valence electrons. The Hall–Kier alpha value is -2.72. The van der Waals surface area contributed by atoms with Gasteiger partial charge >= 0.3 is 6.09 Å². The van der Waals surface area contributed by atoms with E-state index in [4.69, 9.17) is 9.72 Å². The summed E-state index contributed by atoms with van der Waals surface area (Å²) in [6.07, 6.45) is 1.37. The average molecular weight is 462 g/mol. The van der Waals surface area contributed by atoms with E-state index in [2.05, 4.69) is 15.7 Å². The number of rotatable bonds is 5. The van der Waals surface area contributed by atoms with Crippen LogP contribution in [0.1, 0.15) is 26.3 Å². The van der Waals surface area contributed by atoms with Crippen LogP contribution in [0.4, 0.5) is 14.2 Å². The highest BCUT2D eigenvalue weighted by Gasteiger charge is 2.18. The number of thiazole rings is 1. The van der Waals surface area contributed by atoms with E-state index in [9.17, 15) is 9.18 Å². The quantitative estimate of drug-likeness (QED) is 0.395. The topological polar surface area (TPSA) is 81.1 Å². The van der Waals surface area contributed by atoms with Crippen molar-refractivity contribution in [3.8, 4) is 10.6 Å². The van der Waals surface area contributed by atoms with Gasteiger partial charge in [-0.1, -0.05) is 11.3 Å². The summed E-state index contributed by atoms with van der Waals surface area (Å²) in [7, 11) is 1.78. The number of aromatic nitrogens is 3. The van der Waals surface area contributed by atoms with Crippen LogP contribution in [0, 0.1) is 12.7 Å². The van der Waals surface area contributed by atoms with Crippen molar-refractivity contribution >= 4 is 54.2 Å². The SMILES string of the molecule is Cc1c(NCCNC(=O)OC(C)(C)C)sc2nc(-c3cc(F)c4nn(C)cc4c3)sc12. The van der Waals surface area contributed by atoms with Crippen molar-refractivity contribution in [3.05, 3.63) is 29.7 Å². The van der Waals surface area contributed by atoms with Crippen molar-refractivity contribution in [1.29, 1.82) is 0 Å². The highest BCUT2D eigenvalue weighted by Crippen LogP contribution is 2.41. The van der Waals surface area contributed by atoms with Gasteiger partial charge in [-0.3, -0.25) is 4.68 Å². The normalized spacial score (nSPS) is 11.9. The summed E-state index contributed by atoms with van der Waals surface area (Å²) in [5.74, 6) is -0.344. The van der Waals surface area contributed by atoms with Gasteiger partial charge in [-0.2, -0.15) is 5.10 Å². The molecule has 1 aromatic carbocycles. The Bertz CT molecular complexity index is 1270. The first-order valence-electron chi connectivity index (χ1n) is 9.84. The number of hydrogen-bond acceptors (Lipinski definition) is 7. The van der Waals surface area contributed by atoms with Gasteiger partial charge in [0.05, 0.1) is 9.70 Å². The van der Waals surface area contributed by atoms with Gasteiger partial charge in [0.2, 0.25) is 0 Å². The maximum absolute atomic E-state index is 14.4. The van der Waals surface area contributed by atoms with Gasteiger partial charge in [0.25, 0.3) is 0 Å². The van der Waals surface area contributed by atoms with E-state index in [1.807, 2.05) is 33.8 Å². The number of hydrogen-bond donors (Lipinski definition) is 2. The molecule has 0 radical (unpaired) electrons. The molecule has 0 unspecified atom stereocenters. The summed E-state index contributed by atoms with van der Waals surface area (Å²) in [6, 6.07) is 3.42. The second kappa shape index (κ2) is 8.08. The Kier molecular flexibility index (Phi) is 5.61. The molecule has 3 heterocycles. The van der Waals surface area contributed by atoms with Crippen LogP contribution in [0.5, 0.6) is 0 Å². The summed E-state index contributed by atoms with van der Waals surface area (Å²) in [6.45, 7) is 8.55. The van der Waals surface area contributed by atoms with Crippen molar-refractivity contribution in [2.45, 2.75) is 33.3 Å². The van der Waals surface area contributed by atoms with Gasteiger partial charge in [0.1, 0.15) is 21.0 Å². The molecule has 31 heavy (non-hydrogen) atoms. The number of benzene rings is 1.